The Labute approximate surface area is 66.0 Å². The molecule has 3 nitrogen and oxygen atoms in total. The van der Waals surface area contributed by atoms with Crippen LogP contribution in [0.2, 0.25) is 0 Å². The van der Waals surface area contributed by atoms with Crippen LogP contribution in [-0.2, 0) is 4.74 Å². The summed E-state index contributed by atoms with van der Waals surface area (Å²) >= 11 is 0. The van der Waals surface area contributed by atoms with E-state index in [1.807, 2.05) is 6.92 Å². The van der Waals surface area contributed by atoms with Gasteiger partial charge >= 0.3 is 0 Å². The first-order valence-electron chi connectivity index (χ1n) is 4.18. The minimum absolute atomic E-state index is 0.0972. The normalized spacial score (nSPS) is 56.5. The fourth-order valence-corrected chi connectivity index (χ4v) is 2.28. The van der Waals surface area contributed by atoms with Gasteiger partial charge in [-0.05, 0) is 19.8 Å². The standard InChI is InChI=1S/C8H14O3/c1-5-4-8(10)3-2-6(9)7(8)11-5/h5-7,9-10H,2-4H2,1H3/t5-,6+,7+,8-/m0/s1. The van der Waals surface area contributed by atoms with E-state index in [1.54, 1.807) is 0 Å². The number of hydrogen-bond donors (Lipinski definition) is 2. The molecule has 0 unspecified atom stereocenters. The first-order chi connectivity index (χ1) is 5.12. The predicted octanol–water partition coefficient (Wildman–Crippen LogP) is 0.0496. The number of hydrogen-bond acceptors (Lipinski definition) is 3. The number of aliphatic hydroxyl groups excluding tert-OH is 1. The van der Waals surface area contributed by atoms with Crippen LogP contribution in [0.5, 0.6) is 0 Å². The van der Waals surface area contributed by atoms with Crippen LogP contribution in [0.25, 0.3) is 0 Å². The molecular formula is C8H14O3. The largest absolute Gasteiger partial charge is 0.390 e. The molecule has 2 aliphatic rings. The monoisotopic (exact) mass is 158 g/mol. The van der Waals surface area contributed by atoms with Gasteiger partial charge in [-0.1, -0.05) is 0 Å². The lowest BCUT2D eigenvalue weighted by Gasteiger charge is -2.20. The summed E-state index contributed by atoms with van der Waals surface area (Å²) in [5.74, 6) is 0. The van der Waals surface area contributed by atoms with E-state index in [0.717, 1.165) is 0 Å². The Balaban J connectivity index is 2.18. The number of fused-ring (bicyclic) bond motifs is 1. The SMILES string of the molecule is C[C@H]1C[C@@]2(O)CC[C@@H](O)[C@H]2O1. The van der Waals surface area contributed by atoms with Gasteiger partial charge in [0, 0.05) is 6.42 Å². The zero-order valence-corrected chi connectivity index (χ0v) is 6.66. The van der Waals surface area contributed by atoms with E-state index in [4.69, 9.17) is 4.74 Å². The molecule has 0 radical (unpaired) electrons. The van der Waals surface area contributed by atoms with E-state index >= 15 is 0 Å². The van der Waals surface area contributed by atoms with Crippen LogP contribution in [-0.4, -0.2) is 34.1 Å². The number of ether oxygens (including phenoxy) is 1. The van der Waals surface area contributed by atoms with Crippen LogP contribution in [0.1, 0.15) is 26.2 Å². The molecule has 11 heavy (non-hydrogen) atoms. The smallest absolute Gasteiger partial charge is 0.112 e. The molecule has 3 heteroatoms. The van der Waals surface area contributed by atoms with Crippen LogP contribution in [0.4, 0.5) is 0 Å². The fourth-order valence-electron chi connectivity index (χ4n) is 2.28. The molecule has 0 aromatic rings. The lowest BCUT2D eigenvalue weighted by atomic mass is 9.96. The Morgan fingerprint density at radius 3 is 2.91 bits per heavy atom. The first-order valence-corrected chi connectivity index (χ1v) is 4.18. The van der Waals surface area contributed by atoms with Crippen molar-refractivity contribution in [1.82, 2.24) is 0 Å². The Kier molecular flexibility index (Phi) is 1.50. The third kappa shape index (κ3) is 0.991. The molecule has 1 aliphatic carbocycles. The van der Waals surface area contributed by atoms with Crippen molar-refractivity contribution in [3.8, 4) is 0 Å². The molecule has 2 rings (SSSR count). The van der Waals surface area contributed by atoms with Crippen LogP contribution in [0.15, 0.2) is 0 Å². The molecule has 0 spiro atoms. The highest BCUT2D eigenvalue weighted by Gasteiger charge is 2.53. The van der Waals surface area contributed by atoms with Crippen molar-refractivity contribution in [2.75, 3.05) is 0 Å². The number of rotatable bonds is 0. The van der Waals surface area contributed by atoms with Crippen LogP contribution in [0.3, 0.4) is 0 Å². The molecule has 0 aromatic carbocycles. The van der Waals surface area contributed by atoms with Gasteiger partial charge in [0.2, 0.25) is 0 Å². The lowest BCUT2D eigenvalue weighted by molar-refractivity contribution is -0.0686. The molecule has 64 valence electrons. The van der Waals surface area contributed by atoms with Gasteiger partial charge in [0.15, 0.2) is 0 Å². The van der Waals surface area contributed by atoms with E-state index in [0.29, 0.717) is 19.3 Å². The maximum atomic E-state index is 9.89. The third-order valence-electron chi connectivity index (χ3n) is 2.77. The summed E-state index contributed by atoms with van der Waals surface area (Å²) in [5.41, 5.74) is -0.723. The van der Waals surface area contributed by atoms with E-state index in [1.165, 1.54) is 0 Å². The van der Waals surface area contributed by atoms with Gasteiger partial charge in [0.25, 0.3) is 0 Å². The molecule has 1 aliphatic heterocycles. The summed E-state index contributed by atoms with van der Waals surface area (Å²) in [6.07, 6.45) is 1.36. The summed E-state index contributed by atoms with van der Waals surface area (Å²) in [6.45, 7) is 1.93. The molecule has 2 fully saturated rings. The van der Waals surface area contributed by atoms with Crippen LogP contribution < -0.4 is 0 Å². The van der Waals surface area contributed by atoms with Gasteiger partial charge in [0.05, 0.1) is 17.8 Å². The minimum atomic E-state index is -0.723. The van der Waals surface area contributed by atoms with Gasteiger partial charge in [-0.3, -0.25) is 0 Å². The maximum Gasteiger partial charge on any atom is 0.112 e. The van der Waals surface area contributed by atoms with Crippen LogP contribution >= 0.6 is 0 Å². The van der Waals surface area contributed by atoms with Gasteiger partial charge < -0.3 is 14.9 Å². The van der Waals surface area contributed by atoms with E-state index in [9.17, 15) is 10.2 Å². The molecule has 1 saturated heterocycles. The Morgan fingerprint density at radius 2 is 2.27 bits per heavy atom. The predicted molar refractivity (Wildman–Crippen MR) is 39.1 cm³/mol. The van der Waals surface area contributed by atoms with E-state index < -0.39 is 11.7 Å². The molecule has 1 saturated carbocycles. The van der Waals surface area contributed by atoms with Gasteiger partial charge in [-0.15, -0.1) is 0 Å². The quantitative estimate of drug-likeness (QED) is 0.523. The summed E-state index contributed by atoms with van der Waals surface area (Å²) < 4.78 is 5.40. The molecular weight excluding hydrogens is 144 g/mol. The zero-order valence-electron chi connectivity index (χ0n) is 6.66. The average molecular weight is 158 g/mol. The molecule has 0 bridgehead atoms. The number of aliphatic hydroxyl groups is 2. The molecule has 1 heterocycles. The second kappa shape index (κ2) is 2.19. The highest BCUT2D eigenvalue weighted by Crippen LogP contribution is 2.42. The van der Waals surface area contributed by atoms with Gasteiger partial charge in [-0.25, -0.2) is 0 Å². The Hall–Kier alpha value is -0.120. The second-order valence-corrected chi connectivity index (χ2v) is 3.78. The van der Waals surface area contributed by atoms with Gasteiger partial charge in [0.1, 0.15) is 6.10 Å². The molecule has 0 aromatic heterocycles. The Bertz CT molecular complexity index is 171. The lowest BCUT2D eigenvalue weighted by Crippen LogP contribution is -2.37. The van der Waals surface area contributed by atoms with E-state index in [2.05, 4.69) is 0 Å². The topological polar surface area (TPSA) is 49.7 Å². The van der Waals surface area contributed by atoms with Crippen molar-refractivity contribution in [3.05, 3.63) is 0 Å². The average Bonchev–Trinajstić information content (AvgIpc) is 2.32. The summed E-state index contributed by atoms with van der Waals surface area (Å²) in [7, 11) is 0. The fraction of sp³-hybridized carbons (Fsp3) is 1.00. The summed E-state index contributed by atoms with van der Waals surface area (Å²) in [5, 5.41) is 19.3. The van der Waals surface area contributed by atoms with Crippen molar-refractivity contribution in [2.24, 2.45) is 0 Å². The van der Waals surface area contributed by atoms with Crippen molar-refractivity contribution in [2.45, 2.75) is 50.1 Å². The van der Waals surface area contributed by atoms with Crippen molar-refractivity contribution < 1.29 is 14.9 Å². The highest BCUT2D eigenvalue weighted by atomic mass is 16.5. The highest BCUT2D eigenvalue weighted by molar-refractivity contribution is 5.03. The second-order valence-electron chi connectivity index (χ2n) is 3.78. The Morgan fingerprint density at radius 1 is 1.55 bits per heavy atom. The minimum Gasteiger partial charge on any atom is -0.390 e. The van der Waals surface area contributed by atoms with Crippen molar-refractivity contribution in [3.63, 3.8) is 0 Å². The summed E-state index contributed by atoms with van der Waals surface area (Å²) in [6, 6.07) is 0. The maximum absolute atomic E-state index is 9.89. The molecule has 2 N–H and O–H groups in total. The first kappa shape index (κ1) is 7.53. The van der Waals surface area contributed by atoms with Gasteiger partial charge in [-0.2, -0.15) is 0 Å². The third-order valence-corrected chi connectivity index (χ3v) is 2.77. The molecule has 0 amide bonds. The van der Waals surface area contributed by atoms with Crippen molar-refractivity contribution in [1.29, 1.82) is 0 Å². The summed E-state index contributed by atoms with van der Waals surface area (Å²) in [4.78, 5) is 0. The molecule has 4 atom stereocenters. The van der Waals surface area contributed by atoms with Crippen molar-refractivity contribution >= 4 is 0 Å². The van der Waals surface area contributed by atoms with Crippen LogP contribution in [0, 0.1) is 0 Å². The zero-order chi connectivity index (χ0) is 8.06. The van der Waals surface area contributed by atoms with E-state index in [-0.39, 0.29) is 12.2 Å².